The van der Waals surface area contributed by atoms with Crippen molar-refractivity contribution < 1.29 is 28.2 Å². The minimum atomic E-state index is -0.977. The molecule has 2 aromatic carbocycles. The van der Waals surface area contributed by atoms with Gasteiger partial charge >= 0.3 is 5.97 Å². The first kappa shape index (κ1) is 21.8. The topological polar surface area (TPSA) is 81.7 Å². The zero-order chi connectivity index (χ0) is 22.2. The van der Waals surface area contributed by atoms with Crippen LogP contribution in [0.1, 0.15) is 60.0 Å². The Morgan fingerprint density at radius 1 is 1.10 bits per heavy atom. The molecule has 0 aliphatic carbocycles. The van der Waals surface area contributed by atoms with E-state index < -0.39 is 35.4 Å². The standard InChI is InChI=1S/C22H21ClFNO5/c1-11(26)13-6-8-18-15(9-13)19(20(29-12(2)27)22(3,4)30-18)25-21(28)14-5-7-17(24)16(23)10-14/h5-10,19-20H,1-4H3,(H,25,28)/t19-,20-/m0/s1. The van der Waals surface area contributed by atoms with Crippen molar-refractivity contribution in [1.29, 1.82) is 0 Å². The van der Waals surface area contributed by atoms with Crippen LogP contribution in [0.5, 0.6) is 5.75 Å². The summed E-state index contributed by atoms with van der Waals surface area (Å²) < 4.78 is 25.0. The normalized spacial score (nSPS) is 19.3. The van der Waals surface area contributed by atoms with Gasteiger partial charge in [-0.25, -0.2) is 4.39 Å². The van der Waals surface area contributed by atoms with Gasteiger partial charge in [0.25, 0.3) is 5.91 Å². The molecule has 1 heterocycles. The number of halogens is 2. The SMILES string of the molecule is CC(=O)O[C@H]1[C@@H](NC(=O)c2ccc(F)c(Cl)c2)c2cc(C(C)=O)ccc2OC1(C)C. The molecule has 1 aliphatic rings. The molecule has 3 rings (SSSR count). The van der Waals surface area contributed by atoms with Crippen LogP contribution in [-0.2, 0) is 9.53 Å². The molecule has 0 saturated carbocycles. The predicted octanol–water partition coefficient (Wildman–Crippen LogP) is 4.26. The Morgan fingerprint density at radius 2 is 1.77 bits per heavy atom. The predicted molar refractivity (Wildman–Crippen MR) is 108 cm³/mol. The molecule has 158 valence electrons. The number of amides is 1. The molecule has 0 radical (unpaired) electrons. The highest BCUT2D eigenvalue weighted by Gasteiger charge is 2.47. The molecule has 2 aromatic rings. The summed E-state index contributed by atoms with van der Waals surface area (Å²) in [5.74, 6) is -1.45. The molecular formula is C22H21ClFNO5. The van der Waals surface area contributed by atoms with E-state index in [2.05, 4.69) is 5.32 Å². The largest absolute Gasteiger partial charge is 0.484 e. The Kier molecular flexibility index (Phi) is 5.85. The van der Waals surface area contributed by atoms with E-state index in [0.717, 1.165) is 6.07 Å². The molecule has 1 aliphatic heterocycles. The smallest absolute Gasteiger partial charge is 0.303 e. The highest BCUT2D eigenvalue weighted by Crippen LogP contribution is 2.42. The number of hydrogen-bond acceptors (Lipinski definition) is 5. The van der Waals surface area contributed by atoms with Gasteiger partial charge in [-0.15, -0.1) is 0 Å². The van der Waals surface area contributed by atoms with Crippen molar-refractivity contribution in [3.05, 3.63) is 63.9 Å². The second-order valence-electron chi connectivity index (χ2n) is 7.62. The molecule has 0 fully saturated rings. The van der Waals surface area contributed by atoms with Gasteiger partial charge < -0.3 is 14.8 Å². The summed E-state index contributed by atoms with van der Waals surface area (Å²) in [4.78, 5) is 36.5. The van der Waals surface area contributed by atoms with E-state index in [4.69, 9.17) is 21.1 Å². The number of ketones is 1. The van der Waals surface area contributed by atoms with Gasteiger partial charge in [0.15, 0.2) is 11.9 Å². The number of carbonyl (C=O) groups excluding carboxylic acids is 3. The first-order valence-corrected chi connectivity index (χ1v) is 9.64. The van der Waals surface area contributed by atoms with Crippen molar-refractivity contribution in [2.45, 2.75) is 45.4 Å². The fraction of sp³-hybridized carbons (Fsp3) is 0.318. The number of benzene rings is 2. The quantitative estimate of drug-likeness (QED) is 0.575. The third-order valence-corrected chi connectivity index (χ3v) is 5.16. The van der Waals surface area contributed by atoms with Gasteiger partial charge in [-0.3, -0.25) is 14.4 Å². The second-order valence-corrected chi connectivity index (χ2v) is 8.03. The van der Waals surface area contributed by atoms with Gasteiger partial charge in [-0.1, -0.05) is 11.6 Å². The lowest BCUT2D eigenvalue weighted by molar-refractivity contribution is -0.162. The number of rotatable bonds is 4. The number of fused-ring (bicyclic) bond motifs is 1. The summed E-state index contributed by atoms with van der Waals surface area (Å²) in [6.45, 7) is 6.15. The molecule has 0 aromatic heterocycles. The number of nitrogens with one attached hydrogen (secondary N) is 1. The fourth-order valence-electron chi connectivity index (χ4n) is 3.41. The van der Waals surface area contributed by atoms with Crippen molar-refractivity contribution in [3.8, 4) is 5.75 Å². The number of esters is 1. The van der Waals surface area contributed by atoms with Crippen LogP contribution < -0.4 is 10.1 Å². The van der Waals surface area contributed by atoms with E-state index in [0.29, 0.717) is 16.9 Å². The number of hydrogen-bond donors (Lipinski definition) is 1. The molecule has 0 bridgehead atoms. The summed E-state index contributed by atoms with van der Waals surface area (Å²) in [5, 5.41) is 2.64. The summed E-state index contributed by atoms with van der Waals surface area (Å²) >= 11 is 5.80. The number of ether oxygens (including phenoxy) is 2. The van der Waals surface area contributed by atoms with Crippen LogP contribution in [0.3, 0.4) is 0 Å². The fourth-order valence-corrected chi connectivity index (χ4v) is 3.59. The average Bonchev–Trinajstić information content (AvgIpc) is 2.65. The van der Waals surface area contributed by atoms with Gasteiger partial charge in [0.05, 0.1) is 11.1 Å². The second kappa shape index (κ2) is 8.07. The van der Waals surface area contributed by atoms with E-state index >= 15 is 0 Å². The van der Waals surface area contributed by atoms with Crippen LogP contribution >= 0.6 is 11.6 Å². The Balaban J connectivity index is 2.07. The number of Topliss-reactive ketones (excluding diaryl/α,β-unsaturated/α-hetero) is 1. The molecule has 8 heteroatoms. The maximum absolute atomic E-state index is 13.5. The maximum atomic E-state index is 13.5. The van der Waals surface area contributed by atoms with Gasteiger partial charge in [0, 0.05) is 23.6 Å². The van der Waals surface area contributed by atoms with Crippen molar-refractivity contribution in [3.63, 3.8) is 0 Å². The Hall–Kier alpha value is -2.93. The molecular weight excluding hydrogens is 413 g/mol. The van der Waals surface area contributed by atoms with E-state index in [1.54, 1.807) is 32.0 Å². The van der Waals surface area contributed by atoms with Gasteiger partial charge in [-0.05, 0) is 57.2 Å². The molecule has 0 saturated heterocycles. The summed E-state index contributed by atoms with van der Waals surface area (Å²) in [6, 6.07) is 7.67. The Labute approximate surface area is 178 Å². The molecule has 1 N–H and O–H groups in total. The van der Waals surface area contributed by atoms with E-state index in [1.807, 2.05) is 0 Å². The Bertz CT molecular complexity index is 1040. The highest BCUT2D eigenvalue weighted by molar-refractivity contribution is 6.31. The third-order valence-electron chi connectivity index (χ3n) is 4.87. The van der Waals surface area contributed by atoms with Crippen LogP contribution in [0.15, 0.2) is 36.4 Å². The zero-order valence-corrected chi connectivity index (χ0v) is 17.7. The molecule has 30 heavy (non-hydrogen) atoms. The average molecular weight is 434 g/mol. The lowest BCUT2D eigenvalue weighted by Gasteiger charge is -2.44. The van der Waals surface area contributed by atoms with Crippen molar-refractivity contribution >= 4 is 29.3 Å². The lowest BCUT2D eigenvalue weighted by atomic mass is 9.85. The van der Waals surface area contributed by atoms with Crippen LogP contribution in [0.25, 0.3) is 0 Å². The van der Waals surface area contributed by atoms with E-state index in [9.17, 15) is 18.8 Å². The minimum absolute atomic E-state index is 0.136. The summed E-state index contributed by atoms with van der Waals surface area (Å²) in [6.07, 6.45) is -0.885. The first-order chi connectivity index (χ1) is 14.0. The van der Waals surface area contributed by atoms with Crippen LogP contribution in [0, 0.1) is 5.82 Å². The molecule has 6 nitrogen and oxygen atoms in total. The Morgan fingerprint density at radius 3 is 2.37 bits per heavy atom. The lowest BCUT2D eigenvalue weighted by Crippen LogP contribution is -2.55. The summed E-state index contributed by atoms with van der Waals surface area (Å²) in [7, 11) is 0. The van der Waals surface area contributed by atoms with Gasteiger partial charge in [0.2, 0.25) is 0 Å². The minimum Gasteiger partial charge on any atom is -0.484 e. The first-order valence-electron chi connectivity index (χ1n) is 9.26. The van der Waals surface area contributed by atoms with Crippen molar-refractivity contribution in [2.75, 3.05) is 0 Å². The van der Waals surface area contributed by atoms with E-state index in [1.165, 1.54) is 26.0 Å². The highest BCUT2D eigenvalue weighted by atomic mass is 35.5. The zero-order valence-electron chi connectivity index (χ0n) is 16.9. The molecule has 0 unspecified atom stereocenters. The van der Waals surface area contributed by atoms with Gasteiger partial charge in [0.1, 0.15) is 17.2 Å². The third kappa shape index (κ3) is 4.31. The molecule has 2 atom stereocenters. The van der Waals surface area contributed by atoms with Crippen molar-refractivity contribution in [2.24, 2.45) is 0 Å². The van der Waals surface area contributed by atoms with Crippen LogP contribution in [-0.4, -0.2) is 29.4 Å². The van der Waals surface area contributed by atoms with Crippen LogP contribution in [0.2, 0.25) is 5.02 Å². The molecule has 1 amide bonds. The number of carbonyl (C=O) groups is 3. The molecule has 0 spiro atoms. The summed E-state index contributed by atoms with van der Waals surface area (Å²) in [5.41, 5.74) is 0.0727. The van der Waals surface area contributed by atoms with E-state index in [-0.39, 0.29) is 16.4 Å². The van der Waals surface area contributed by atoms with Gasteiger partial charge in [-0.2, -0.15) is 0 Å². The van der Waals surface area contributed by atoms with Crippen molar-refractivity contribution in [1.82, 2.24) is 5.32 Å². The van der Waals surface area contributed by atoms with Crippen LogP contribution in [0.4, 0.5) is 4.39 Å². The monoisotopic (exact) mass is 433 g/mol. The maximum Gasteiger partial charge on any atom is 0.303 e.